The van der Waals surface area contributed by atoms with Crippen molar-refractivity contribution in [3.8, 4) is 0 Å². The molecule has 0 unspecified atom stereocenters. The molecule has 0 aliphatic carbocycles. The van der Waals surface area contributed by atoms with Gasteiger partial charge in [0.25, 0.3) is 0 Å². The standard InChI is InChI=1S/C16H21N3O3/c1-12(20)19-5-4-13-10-14(2-3-15(13)19)17-16(21)11-18-6-8-22-9-7-18/h2-3,10H,4-9,11H2,1H3,(H,17,21). The lowest BCUT2D eigenvalue weighted by Gasteiger charge is -2.25. The Balaban J connectivity index is 1.61. The molecule has 0 saturated carbocycles. The summed E-state index contributed by atoms with van der Waals surface area (Å²) in [4.78, 5) is 27.5. The van der Waals surface area contributed by atoms with Gasteiger partial charge in [0.2, 0.25) is 11.8 Å². The van der Waals surface area contributed by atoms with E-state index in [2.05, 4.69) is 10.2 Å². The molecule has 1 aromatic carbocycles. The van der Waals surface area contributed by atoms with Gasteiger partial charge in [0.1, 0.15) is 0 Å². The number of ether oxygens (including phenoxy) is 1. The number of nitrogens with zero attached hydrogens (tertiary/aromatic N) is 2. The second kappa shape index (κ2) is 6.46. The summed E-state index contributed by atoms with van der Waals surface area (Å²) < 4.78 is 5.27. The Hall–Kier alpha value is -1.92. The number of benzene rings is 1. The second-order valence-corrected chi connectivity index (χ2v) is 5.70. The van der Waals surface area contributed by atoms with Crippen molar-refractivity contribution in [2.24, 2.45) is 0 Å². The van der Waals surface area contributed by atoms with Gasteiger partial charge < -0.3 is 15.0 Å². The summed E-state index contributed by atoms with van der Waals surface area (Å²) in [5.74, 6) is 0.0473. The van der Waals surface area contributed by atoms with Crippen LogP contribution in [0.25, 0.3) is 0 Å². The summed E-state index contributed by atoms with van der Waals surface area (Å²) in [6, 6.07) is 5.74. The maximum atomic E-state index is 12.1. The average Bonchev–Trinajstić information content (AvgIpc) is 2.91. The molecule has 1 fully saturated rings. The van der Waals surface area contributed by atoms with Gasteiger partial charge in [0, 0.05) is 37.9 Å². The van der Waals surface area contributed by atoms with E-state index in [-0.39, 0.29) is 11.8 Å². The number of carbonyl (C=O) groups excluding carboxylic acids is 2. The predicted octanol–water partition coefficient (Wildman–Crippen LogP) is 0.866. The molecule has 0 radical (unpaired) electrons. The molecule has 6 heteroatoms. The number of rotatable bonds is 3. The molecule has 2 aliphatic heterocycles. The zero-order valence-corrected chi connectivity index (χ0v) is 12.8. The van der Waals surface area contributed by atoms with E-state index in [1.807, 2.05) is 18.2 Å². The Morgan fingerprint density at radius 2 is 2.00 bits per heavy atom. The van der Waals surface area contributed by atoms with E-state index >= 15 is 0 Å². The Bertz CT molecular complexity index is 582. The van der Waals surface area contributed by atoms with Crippen LogP contribution in [-0.2, 0) is 20.7 Å². The molecule has 0 bridgehead atoms. The minimum atomic E-state index is -0.0109. The zero-order valence-electron chi connectivity index (χ0n) is 12.8. The first-order valence-electron chi connectivity index (χ1n) is 7.64. The monoisotopic (exact) mass is 303 g/mol. The minimum Gasteiger partial charge on any atom is -0.379 e. The van der Waals surface area contributed by atoms with Gasteiger partial charge in [-0.15, -0.1) is 0 Å². The molecule has 22 heavy (non-hydrogen) atoms. The number of anilines is 2. The van der Waals surface area contributed by atoms with E-state index < -0.39 is 0 Å². The van der Waals surface area contributed by atoms with Crippen LogP contribution in [-0.4, -0.2) is 56.1 Å². The summed E-state index contributed by atoms with van der Waals surface area (Å²) in [7, 11) is 0. The maximum Gasteiger partial charge on any atom is 0.238 e. The number of morpholine rings is 1. The number of hydrogen-bond acceptors (Lipinski definition) is 4. The van der Waals surface area contributed by atoms with Crippen molar-refractivity contribution >= 4 is 23.2 Å². The first-order chi connectivity index (χ1) is 10.6. The number of hydrogen-bond donors (Lipinski definition) is 1. The fraction of sp³-hybridized carbons (Fsp3) is 0.500. The third-order valence-corrected chi connectivity index (χ3v) is 4.11. The molecular weight excluding hydrogens is 282 g/mol. The van der Waals surface area contributed by atoms with Gasteiger partial charge in [-0.25, -0.2) is 0 Å². The second-order valence-electron chi connectivity index (χ2n) is 5.70. The molecule has 2 aliphatic rings. The molecule has 3 rings (SSSR count). The van der Waals surface area contributed by atoms with Crippen LogP contribution in [0.1, 0.15) is 12.5 Å². The third-order valence-electron chi connectivity index (χ3n) is 4.11. The predicted molar refractivity (Wildman–Crippen MR) is 84.1 cm³/mol. The molecule has 0 spiro atoms. The summed E-state index contributed by atoms with van der Waals surface area (Å²) in [5.41, 5.74) is 2.86. The number of nitrogens with one attached hydrogen (secondary N) is 1. The zero-order chi connectivity index (χ0) is 15.5. The lowest BCUT2D eigenvalue weighted by atomic mass is 10.1. The van der Waals surface area contributed by atoms with Crippen LogP contribution in [0.2, 0.25) is 0 Å². The van der Waals surface area contributed by atoms with Gasteiger partial charge in [0.05, 0.1) is 19.8 Å². The SMILES string of the molecule is CC(=O)N1CCc2cc(NC(=O)CN3CCOCC3)ccc21. The van der Waals surface area contributed by atoms with E-state index in [0.717, 1.165) is 43.0 Å². The molecule has 0 atom stereocenters. The average molecular weight is 303 g/mol. The molecule has 1 N–H and O–H groups in total. The van der Waals surface area contributed by atoms with Gasteiger partial charge in [-0.2, -0.15) is 0 Å². The van der Waals surface area contributed by atoms with E-state index in [1.54, 1.807) is 11.8 Å². The highest BCUT2D eigenvalue weighted by Crippen LogP contribution is 2.30. The van der Waals surface area contributed by atoms with Gasteiger partial charge in [-0.1, -0.05) is 0 Å². The van der Waals surface area contributed by atoms with Gasteiger partial charge in [-0.05, 0) is 30.2 Å². The van der Waals surface area contributed by atoms with Crippen molar-refractivity contribution in [3.05, 3.63) is 23.8 Å². The van der Waals surface area contributed by atoms with Crippen molar-refractivity contribution < 1.29 is 14.3 Å². The fourth-order valence-corrected chi connectivity index (χ4v) is 2.97. The highest BCUT2D eigenvalue weighted by atomic mass is 16.5. The van der Waals surface area contributed by atoms with Crippen LogP contribution in [0.15, 0.2) is 18.2 Å². The minimum absolute atomic E-state index is 0.0109. The highest BCUT2D eigenvalue weighted by Gasteiger charge is 2.22. The third kappa shape index (κ3) is 3.28. The van der Waals surface area contributed by atoms with Crippen LogP contribution < -0.4 is 10.2 Å². The molecule has 2 amide bonds. The largest absolute Gasteiger partial charge is 0.379 e. The first kappa shape index (κ1) is 15.0. The lowest BCUT2D eigenvalue weighted by molar-refractivity contribution is -0.118. The van der Waals surface area contributed by atoms with E-state index in [9.17, 15) is 9.59 Å². The fourth-order valence-electron chi connectivity index (χ4n) is 2.97. The molecule has 6 nitrogen and oxygen atoms in total. The van der Waals surface area contributed by atoms with Gasteiger partial charge in [-0.3, -0.25) is 14.5 Å². The first-order valence-corrected chi connectivity index (χ1v) is 7.64. The summed E-state index contributed by atoms with van der Waals surface area (Å²) in [6.07, 6.45) is 0.835. The van der Waals surface area contributed by atoms with Crippen LogP contribution in [0.5, 0.6) is 0 Å². The van der Waals surface area contributed by atoms with Crippen molar-refractivity contribution in [2.75, 3.05) is 49.6 Å². The summed E-state index contributed by atoms with van der Waals surface area (Å²) in [6.45, 7) is 5.65. The molecule has 2 heterocycles. The molecule has 1 aromatic rings. The topological polar surface area (TPSA) is 61.9 Å². The van der Waals surface area contributed by atoms with Gasteiger partial charge >= 0.3 is 0 Å². The number of carbonyl (C=O) groups is 2. The maximum absolute atomic E-state index is 12.1. The van der Waals surface area contributed by atoms with E-state index in [1.165, 1.54) is 0 Å². The molecular formula is C16H21N3O3. The van der Waals surface area contributed by atoms with Crippen molar-refractivity contribution in [1.82, 2.24) is 4.90 Å². The Morgan fingerprint density at radius 3 is 2.73 bits per heavy atom. The molecule has 1 saturated heterocycles. The van der Waals surface area contributed by atoms with Crippen LogP contribution in [0.3, 0.4) is 0 Å². The lowest BCUT2D eigenvalue weighted by Crippen LogP contribution is -2.41. The van der Waals surface area contributed by atoms with Crippen LogP contribution in [0, 0.1) is 0 Å². The number of fused-ring (bicyclic) bond motifs is 1. The van der Waals surface area contributed by atoms with Crippen molar-refractivity contribution in [2.45, 2.75) is 13.3 Å². The quantitative estimate of drug-likeness (QED) is 0.900. The van der Waals surface area contributed by atoms with Crippen LogP contribution in [0.4, 0.5) is 11.4 Å². The van der Waals surface area contributed by atoms with Crippen molar-refractivity contribution in [3.63, 3.8) is 0 Å². The summed E-state index contributed by atoms with van der Waals surface area (Å²) in [5, 5.41) is 2.94. The van der Waals surface area contributed by atoms with Gasteiger partial charge in [0.15, 0.2) is 0 Å². The summed E-state index contributed by atoms with van der Waals surface area (Å²) >= 11 is 0. The Labute approximate surface area is 130 Å². The molecule has 118 valence electrons. The highest BCUT2D eigenvalue weighted by molar-refractivity contribution is 5.96. The smallest absolute Gasteiger partial charge is 0.238 e. The normalized spacial score (nSPS) is 18.1. The molecule has 0 aromatic heterocycles. The van der Waals surface area contributed by atoms with Crippen molar-refractivity contribution in [1.29, 1.82) is 0 Å². The van der Waals surface area contributed by atoms with E-state index in [0.29, 0.717) is 19.8 Å². The van der Waals surface area contributed by atoms with E-state index in [4.69, 9.17) is 4.74 Å². The Morgan fingerprint density at radius 1 is 1.23 bits per heavy atom. The Kier molecular flexibility index (Phi) is 4.40. The number of amides is 2. The van der Waals surface area contributed by atoms with Crippen LogP contribution >= 0.6 is 0 Å².